The van der Waals surface area contributed by atoms with Crippen LogP contribution in [0.4, 0.5) is 11.4 Å². The van der Waals surface area contributed by atoms with E-state index in [1.807, 2.05) is 49.4 Å². The van der Waals surface area contributed by atoms with Crippen LogP contribution < -0.4 is 10.2 Å². The molecule has 0 aliphatic carbocycles. The number of para-hydroxylation sites is 1. The van der Waals surface area contributed by atoms with Gasteiger partial charge in [0, 0.05) is 29.3 Å². The quantitative estimate of drug-likeness (QED) is 0.870. The molecule has 1 N–H and O–H groups in total. The van der Waals surface area contributed by atoms with E-state index >= 15 is 0 Å². The number of benzene rings is 2. The Morgan fingerprint density at radius 3 is 2.74 bits per heavy atom. The van der Waals surface area contributed by atoms with E-state index in [4.69, 9.17) is 0 Å². The van der Waals surface area contributed by atoms with Crippen molar-refractivity contribution < 1.29 is 9.59 Å². The summed E-state index contributed by atoms with van der Waals surface area (Å²) in [5, 5.41) is 2.83. The van der Waals surface area contributed by atoms with Crippen molar-refractivity contribution in [3.63, 3.8) is 0 Å². The zero-order valence-electron chi connectivity index (χ0n) is 13.0. The summed E-state index contributed by atoms with van der Waals surface area (Å²) in [6, 6.07) is 13.3. The minimum Gasteiger partial charge on any atom is -0.326 e. The van der Waals surface area contributed by atoms with Gasteiger partial charge in [-0.05, 0) is 42.3 Å². The smallest absolute Gasteiger partial charge is 0.234 e. The van der Waals surface area contributed by atoms with Crippen LogP contribution in [0.15, 0.2) is 46.9 Å². The van der Waals surface area contributed by atoms with Crippen molar-refractivity contribution in [2.45, 2.75) is 19.3 Å². The molecule has 0 fully saturated rings. The summed E-state index contributed by atoms with van der Waals surface area (Å²) in [5.74, 6) is -0.645. The van der Waals surface area contributed by atoms with Gasteiger partial charge in [0.05, 0.1) is 5.92 Å². The number of anilines is 2. The number of nitrogens with zero attached hydrogens (tertiary/aromatic N) is 1. The second-order valence-corrected chi connectivity index (χ2v) is 6.64. The lowest BCUT2D eigenvalue weighted by atomic mass is 9.89. The summed E-state index contributed by atoms with van der Waals surface area (Å²) in [6.07, 6.45) is 0.176. The van der Waals surface area contributed by atoms with Gasteiger partial charge in [0.15, 0.2) is 0 Å². The Morgan fingerprint density at radius 2 is 2.00 bits per heavy atom. The van der Waals surface area contributed by atoms with Crippen LogP contribution in [0.1, 0.15) is 23.5 Å². The SMILES string of the molecule is Cc1cc(Br)ccc1N(C)C(=O)C1CC(=O)Nc2ccccc21. The van der Waals surface area contributed by atoms with Crippen LogP contribution in [-0.2, 0) is 9.59 Å². The number of carbonyl (C=O) groups excluding carboxylic acids is 2. The number of aryl methyl sites for hydroxylation is 1. The van der Waals surface area contributed by atoms with E-state index < -0.39 is 5.92 Å². The van der Waals surface area contributed by atoms with Crippen LogP contribution in [0.5, 0.6) is 0 Å². The molecule has 1 aliphatic heterocycles. The first-order chi connectivity index (χ1) is 11.0. The summed E-state index contributed by atoms with van der Waals surface area (Å²) < 4.78 is 0.974. The van der Waals surface area contributed by atoms with Crippen molar-refractivity contribution in [1.82, 2.24) is 0 Å². The molecule has 0 saturated carbocycles. The lowest BCUT2D eigenvalue weighted by Crippen LogP contribution is -2.36. The lowest BCUT2D eigenvalue weighted by molar-refractivity contribution is -0.124. The minimum atomic E-state index is -0.451. The van der Waals surface area contributed by atoms with Crippen LogP contribution in [0.2, 0.25) is 0 Å². The molecule has 0 spiro atoms. The molecule has 2 amide bonds. The Balaban J connectivity index is 1.95. The normalized spacial score (nSPS) is 16.5. The Labute approximate surface area is 143 Å². The first kappa shape index (κ1) is 15.7. The molecule has 2 aromatic rings. The first-order valence-electron chi connectivity index (χ1n) is 7.40. The van der Waals surface area contributed by atoms with E-state index in [-0.39, 0.29) is 18.2 Å². The monoisotopic (exact) mass is 372 g/mol. The second kappa shape index (κ2) is 6.16. The number of hydrogen-bond donors (Lipinski definition) is 1. The molecule has 23 heavy (non-hydrogen) atoms. The maximum atomic E-state index is 13.0. The molecule has 3 rings (SSSR count). The van der Waals surface area contributed by atoms with Crippen molar-refractivity contribution in [1.29, 1.82) is 0 Å². The van der Waals surface area contributed by atoms with Crippen LogP contribution in [0, 0.1) is 6.92 Å². The van der Waals surface area contributed by atoms with Crippen LogP contribution in [-0.4, -0.2) is 18.9 Å². The molecule has 0 radical (unpaired) electrons. The maximum Gasteiger partial charge on any atom is 0.234 e. The van der Waals surface area contributed by atoms with Crippen molar-refractivity contribution >= 4 is 39.1 Å². The van der Waals surface area contributed by atoms with Gasteiger partial charge in [-0.1, -0.05) is 34.1 Å². The fraction of sp³-hybridized carbons (Fsp3) is 0.222. The standard InChI is InChI=1S/C18H17BrN2O2/c1-11-9-12(19)7-8-16(11)21(2)18(23)14-10-17(22)20-15-6-4-3-5-13(14)15/h3-9,14H,10H2,1-2H3,(H,20,22). The molecule has 2 aromatic carbocycles. The van der Waals surface area contributed by atoms with Gasteiger partial charge in [0.2, 0.25) is 11.8 Å². The number of fused-ring (bicyclic) bond motifs is 1. The molecule has 0 aromatic heterocycles. The Morgan fingerprint density at radius 1 is 1.26 bits per heavy atom. The van der Waals surface area contributed by atoms with Gasteiger partial charge >= 0.3 is 0 Å². The molecule has 1 aliphatic rings. The second-order valence-electron chi connectivity index (χ2n) is 5.72. The maximum absolute atomic E-state index is 13.0. The number of hydrogen-bond acceptors (Lipinski definition) is 2. The predicted molar refractivity (Wildman–Crippen MR) is 94.7 cm³/mol. The molecule has 118 valence electrons. The summed E-state index contributed by atoms with van der Waals surface area (Å²) in [5.41, 5.74) is 3.45. The predicted octanol–water partition coefficient (Wildman–Crippen LogP) is 3.85. The molecular formula is C18H17BrN2O2. The highest BCUT2D eigenvalue weighted by Gasteiger charge is 2.32. The fourth-order valence-corrected chi connectivity index (χ4v) is 3.45. The number of carbonyl (C=O) groups is 2. The highest BCUT2D eigenvalue weighted by Crippen LogP contribution is 2.34. The molecule has 5 heteroatoms. The molecular weight excluding hydrogens is 356 g/mol. The first-order valence-corrected chi connectivity index (χ1v) is 8.19. The fourth-order valence-electron chi connectivity index (χ4n) is 2.98. The summed E-state index contributed by atoms with van der Waals surface area (Å²) in [4.78, 5) is 26.5. The summed E-state index contributed by atoms with van der Waals surface area (Å²) >= 11 is 3.43. The minimum absolute atomic E-state index is 0.0716. The molecule has 4 nitrogen and oxygen atoms in total. The van der Waals surface area contributed by atoms with Gasteiger partial charge in [-0.15, -0.1) is 0 Å². The lowest BCUT2D eigenvalue weighted by Gasteiger charge is -2.29. The summed E-state index contributed by atoms with van der Waals surface area (Å²) in [7, 11) is 1.76. The zero-order chi connectivity index (χ0) is 16.6. The van der Waals surface area contributed by atoms with E-state index in [9.17, 15) is 9.59 Å². The molecule has 1 unspecified atom stereocenters. The molecule has 1 atom stereocenters. The number of nitrogens with one attached hydrogen (secondary N) is 1. The van der Waals surface area contributed by atoms with E-state index in [2.05, 4.69) is 21.2 Å². The highest BCUT2D eigenvalue weighted by atomic mass is 79.9. The number of amides is 2. The average Bonchev–Trinajstić information content (AvgIpc) is 2.52. The van der Waals surface area contributed by atoms with Crippen LogP contribution >= 0.6 is 15.9 Å². The number of halogens is 1. The summed E-state index contributed by atoms with van der Waals surface area (Å²) in [6.45, 7) is 1.96. The molecule has 1 heterocycles. The van der Waals surface area contributed by atoms with Gasteiger partial charge in [0.25, 0.3) is 0 Å². The molecule has 0 bridgehead atoms. The van der Waals surface area contributed by atoms with Crippen molar-refractivity contribution in [3.05, 3.63) is 58.1 Å². The van der Waals surface area contributed by atoms with Crippen LogP contribution in [0.25, 0.3) is 0 Å². The number of rotatable bonds is 2. The van der Waals surface area contributed by atoms with Crippen molar-refractivity contribution in [2.75, 3.05) is 17.3 Å². The van der Waals surface area contributed by atoms with Gasteiger partial charge in [-0.25, -0.2) is 0 Å². The van der Waals surface area contributed by atoms with Crippen molar-refractivity contribution in [2.24, 2.45) is 0 Å². The molecule has 0 saturated heterocycles. The third-order valence-corrected chi connectivity index (χ3v) is 4.64. The largest absolute Gasteiger partial charge is 0.326 e. The highest BCUT2D eigenvalue weighted by molar-refractivity contribution is 9.10. The zero-order valence-corrected chi connectivity index (χ0v) is 14.6. The third-order valence-electron chi connectivity index (χ3n) is 4.15. The Hall–Kier alpha value is -2.14. The third kappa shape index (κ3) is 3.01. The van der Waals surface area contributed by atoms with Gasteiger partial charge in [-0.2, -0.15) is 0 Å². The van der Waals surface area contributed by atoms with E-state index in [0.29, 0.717) is 0 Å². The average molecular weight is 373 g/mol. The van der Waals surface area contributed by atoms with Crippen molar-refractivity contribution in [3.8, 4) is 0 Å². The van der Waals surface area contributed by atoms with Crippen LogP contribution in [0.3, 0.4) is 0 Å². The Kier molecular flexibility index (Phi) is 4.22. The van der Waals surface area contributed by atoms with E-state index in [0.717, 1.165) is 27.0 Å². The number of likely N-dealkylation sites (N-methyl/N-ethyl adjacent to an activating group) is 1. The van der Waals surface area contributed by atoms with E-state index in [1.54, 1.807) is 11.9 Å². The van der Waals surface area contributed by atoms with E-state index in [1.165, 1.54) is 0 Å². The van der Waals surface area contributed by atoms with Gasteiger partial charge in [-0.3, -0.25) is 9.59 Å². The Bertz CT molecular complexity index is 788. The van der Waals surface area contributed by atoms with Gasteiger partial charge in [0.1, 0.15) is 0 Å². The van der Waals surface area contributed by atoms with Gasteiger partial charge < -0.3 is 10.2 Å². The topological polar surface area (TPSA) is 49.4 Å².